The number of carbonyl (C=O) groups is 1. The monoisotopic (exact) mass is 651 g/mol. The van der Waals surface area contributed by atoms with E-state index in [4.69, 9.17) is 35.8 Å². The fourth-order valence-electron chi connectivity index (χ4n) is 6.10. The summed E-state index contributed by atoms with van der Waals surface area (Å²) in [5.41, 5.74) is 0.332. The number of nitrogens with zero attached hydrogens (tertiary/aromatic N) is 5. The van der Waals surface area contributed by atoms with Gasteiger partial charge in [0.1, 0.15) is 23.0 Å². The number of ether oxygens (including phenoxy) is 3. The van der Waals surface area contributed by atoms with Gasteiger partial charge >= 0.3 is 12.1 Å². The minimum atomic E-state index is -0.487. The molecular weight excluding hydrogens is 610 g/mol. The van der Waals surface area contributed by atoms with Gasteiger partial charge in [-0.3, -0.25) is 0 Å². The Morgan fingerprint density at radius 1 is 1.15 bits per heavy atom. The summed E-state index contributed by atoms with van der Waals surface area (Å²) >= 11 is 10.3. The normalized spacial score (nSPS) is 20.0. The van der Waals surface area contributed by atoms with Crippen molar-refractivity contribution in [3.05, 3.63) is 15.6 Å². The van der Waals surface area contributed by atoms with Crippen molar-refractivity contribution in [1.29, 1.82) is 0 Å². The summed E-state index contributed by atoms with van der Waals surface area (Å²) in [5, 5.41) is 1.41. The number of piperidine rings is 2. The number of amides is 1. The fourth-order valence-corrected chi connectivity index (χ4v) is 6.71. The van der Waals surface area contributed by atoms with E-state index in [-0.39, 0.29) is 17.6 Å². The molecule has 0 atom stereocenters. The van der Waals surface area contributed by atoms with Crippen LogP contribution in [-0.2, 0) is 4.74 Å². The molecule has 226 valence electrons. The molecule has 9 nitrogen and oxygen atoms in total. The zero-order chi connectivity index (χ0) is 29.5. The maximum Gasteiger partial charge on any atom is 0.410 e. The maximum absolute atomic E-state index is 12.5. The zero-order valence-electron chi connectivity index (χ0n) is 25.1. The molecule has 1 amide bonds. The highest BCUT2D eigenvalue weighted by atomic mass is 79.9. The van der Waals surface area contributed by atoms with Crippen molar-refractivity contribution < 1.29 is 19.0 Å². The molecule has 0 aliphatic carbocycles. The van der Waals surface area contributed by atoms with Crippen LogP contribution in [0.2, 0.25) is 5.02 Å². The largest absolute Gasteiger partial charge is 0.490 e. The second-order valence-corrected chi connectivity index (χ2v) is 14.1. The molecule has 0 N–H and O–H groups in total. The topological polar surface area (TPSA) is 80.3 Å². The van der Waals surface area contributed by atoms with Crippen molar-refractivity contribution in [2.45, 2.75) is 85.0 Å². The predicted molar refractivity (Wildman–Crippen MR) is 165 cm³/mol. The first-order chi connectivity index (χ1) is 19.4. The molecule has 1 aromatic heterocycles. The molecule has 11 heteroatoms. The van der Waals surface area contributed by atoms with E-state index in [9.17, 15) is 4.79 Å². The van der Waals surface area contributed by atoms with Crippen LogP contribution in [0.1, 0.15) is 67.2 Å². The average molecular weight is 653 g/mol. The Kier molecular flexibility index (Phi) is 8.84. The number of carbonyl (C=O) groups excluding carboxylic acids is 1. The average Bonchev–Trinajstić information content (AvgIpc) is 2.89. The lowest BCUT2D eigenvalue weighted by Crippen LogP contribution is -2.62. The third-order valence-electron chi connectivity index (χ3n) is 8.40. The number of halogens is 2. The Hall–Kier alpha value is -2.04. The molecule has 41 heavy (non-hydrogen) atoms. The minimum Gasteiger partial charge on any atom is -0.490 e. The Balaban J connectivity index is 1.37. The van der Waals surface area contributed by atoms with Crippen LogP contribution in [-0.4, -0.2) is 89.5 Å². The van der Waals surface area contributed by atoms with Gasteiger partial charge in [0.2, 0.25) is 0 Å². The summed E-state index contributed by atoms with van der Waals surface area (Å²) in [6.45, 7) is 17.7. The molecule has 1 spiro atoms. The van der Waals surface area contributed by atoms with E-state index < -0.39 is 5.60 Å². The molecule has 5 rings (SSSR count). The second kappa shape index (κ2) is 11.9. The number of fused-ring (bicyclic) bond motifs is 1. The van der Waals surface area contributed by atoms with Crippen LogP contribution in [0.5, 0.6) is 11.8 Å². The number of benzene rings is 1. The molecule has 3 saturated heterocycles. The third kappa shape index (κ3) is 6.64. The van der Waals surface area contributed by atoms with E-state index in [1.807, 2.05) is 38.7 Å². The van der Waals surface area contributed by atoms with Crippen molar-refractivity contribution >= 4 is 50.3 Å². The maximum atomic E-state index is 12.5. The lowest BCUT2D eigenvalue weighted by atomic mass is 9.72. The number of aromatic nitrogens is 2. The third-order valence-corrected chi connectivity index (χ3v) is 9.71. The van der Waals surface area contributed by atoms with E-state index in [1.54, 1.807) is 0 Å². The van der Waals surface area contributed by atoms with Gasteiger partial charge in [-0.1, -0.05) is 11.6 Å². The smallest absolute Gasteiger partial charge is 0.410 e. The molecule has 1 aromatic carbocycles. The Bertz CT molecular complexity index is 1260. The number of hydrogen-bond acceptors (Lipinski definition) is 8. The molecule has 0 unspecified atom stereocenters. The van der Waals surface area contributed by atoms with Crippen LogP contribution in [0.15, 0.2) is 10.5 Å². The van der Waals surface area contributed by atoms with Crippen molar-refractivity contribution in [2.75, 3.05) is 50.8 Å². The summed E-state index contributed by atoms with van der Waals surface area (Å²) in [7, 11) is 0. The van der Waals surface area contributed by atoms with Crippen LogP contribution in [0.4, 0.5) is 10.6 Å². The van der Waals surface area contributed by atoms with Crippen LogP contribution >= 0.6 is 27.5 Å². The molecule has 2 aromatic rings. The Labute approximate surface area is 257 Å². The Morgan fingerprint density at radius 3 is 2.39 bits per heavy atom. The summed E-state index contributed by atoms with van der Waals surface area (Å²) in [6, 6.07) is 2.83. The van der Waals surface area contributed by atoms with E-state index in [0.717, 1.165) is 76.2 Å². The van der Waals surface area contributed by atoms with Gasteiger partial charge < -0.3 is 28.9 Å². The molecule has 3 aliphatic heterocycles. The quantitative estimate of drug-likeness (QED) is 0.349. The minimum absolute atomic E-state index is 0.0695. The summed E-state index contributed by atoms with van der Waals surface area (Å²) in [4.78, 5) is 29.0. The van der Waals surface area contributed by atoms with Gasteiger partial charge in [0.15, 0.2) is 5.75 Å². The van der Waals surface area contributed by atoms with Gasteiger partial charge in [0, 0.05) is 56.1 Å². The van der Waals surface area contributed by atoms with Crippen molar-refractivity contribution in [3.63, 3.8) is 0 Å². The highest BCUT2D eigenvalue weighted by Gasteiger charge is 2.48. The first kappa shape index (κ1) is 30.4. The van der Waals surface area contributed by atoms with Crippen LogP contribution in [0.3, 0.4) is 0 Å². The van der Waals surface area contributed by atoms with Crippen molar-refractivity contribution in [3.8, 4) is 11.8 Å². The fraction of sp³-hybridized carbons (Fsp3) is 0.700. The number of rotatable bonds is 6. The SMILES string of the molecule is CCOc1c(Br)c(Cl)cc2c(N3CCC4(CC3)CN(C(=O)OC(C)(C)C)C4)nc(OC3CCN(C(C)C)CC3)nc12. The summed E-state index contributed by atoms with van der Waals surface area (Å²) in [6.07, 6.45) is 3.65. The second-order valence-electron chi connectivity index (χ2n) is 12.9. The van der Waals surface area contributed by atoms with E-state index in [0.29, 0.717) is 39.4 Å². The van der Waals surface area contributed by atoms with Crippen LogP contribution < -0.4 is 14.4 Å². The number of anilines is 1. The van der Waals surface area contributed by atoms with E-state index >= 15 is 0 Å². The molecule has 3 aliphatic rings. The highest BCUT2D eigenvalue weighted by Crippen LogP contribution is 2.45. The lowest BCUT2D eigenvalue weighted by Gasteiger charge is -2.53. The van der Waals surface area contributed by atoms with Crippen LogP contribution in [0, 0.1) is 5.41 Å². The zero-order valence-corrected chi connectivity index (χ0v) is 27.5. The first-order valence-corrected chi connectivity index (χ1v) is 16.0. The first-order valence-electron chi connectivity index (χ1n) is 14.8. The van der Waals surface area contributed by atoms with Crippen molar-refractivity contribution in [1.82, 2.24) is 19.8 Å². The molecular formula is C30H43BrClN5O4. The van der Waals surface area contributed by atoms with Gasteiger partial charge in [0.25, 0.3) is 0 Å². The molecule has 4 heterocycles. The lowest BCUT2D eigenvalue weighted by molar-refractivity contribution is -0.0434. The predicted octanol–water partition coefficient (Wildman–Crippen LogP) is 6.53. The molecule has 0 radical (unpaired) electrons. The highest BCUT2D eigenvalue weighted by molar-refractivity contribution is 9.10. The molecule has 3 fully saturated rings. The van der Waals surface area contributed by atoms with Gasteiger partial charge in [0.05, 0.1) is 16.1 Å². The standard InChI is InChI=1S/C30H43BrClN5O4/c1-7-39-25-23(31)22(32)16-21-24(25)33-27(40-20-8-12-35(13-9-20)19(2)3)34-26(21)36-14-10-30(11-15-36)17-37(18-30)28(38)41-29(4,5)6/h16,19-20H,7-15,17-18H2,1-6H3. The van der Waals surface area contributed by atoms with Gasteiger partial charge in [-0.25, -0.2) is 4.79 Å². The van der Waals surface area contributed by atoms with Gasteiger partial charge in [-0.05, 0) is 89.2 Å². The van der Waals surface area contributed by atoms with Gasteiger partial charge in [-0.15, -0.1) is 0 Å². The van der Waals surface area contributed by atoms with Crippen LogP contribution in [0.25, 0.3) is 10.9 Å². The van der Waals surface area contributed by atoms with Gasteiger partial charge in [-0.2, -0.15) is 9.97 Å². The molecule has 0 saturated carbocycles. The van der Waals surface area contributed by atoms with E-state index in [2.05, 4.69) is 39.6 Å². The van der Waals surface area contributed by atoms with E-state index in [1.165, 1.54) is 0 Å². The molecule has 0 bridgehead atoms. The number of hydrogen-bond donors (Lipinski definition) is 0. The summed E-state index contributed by atoms with van der Waals surface area (Å²) in [5.74, 6) is 1.43. The summed E-state index contributed by atoms with van der Waals surface area (Å²) < 4.78 is 18.7. The van der Waals surface area contributed by atoms with Crippen molar-refractivity contribution in [2.24, 2.45) is 5.41 Å². The Morgan fingerprint density at radius 2 is 1.80 bits per heavy atom. The number of likely N-dealkylation sites (tertiary alicyclic amines) is 2.